The second kappa shape index (κ2) is 16.5. The summed E-state index contributed by atoms with van der Waals surface area (Å²) in [4.78, 5) is 77.4. The van der Waals surface area contributed by atoms with Crippen LogP contribution in [0.1, 0.15) is 43.0 Å². The third kappa shape index (κ3) is 11.6. The van der Waals surface area contributed by atoms with E-state index < -0.39 is 70.7 Å². The van der Waals surface area contributed by atoms with Gasteiger partial charge in [0.2, 0.25) is 29.4 Å². The Bertz CT molecular complexity index is 1660. The normalized spacial score (nSPS) is 13.3. The fourth-order valence-electron chi connectivity index (χ4n) is 4.67. The predicted molar refractivity (Wildman–Crippen MR) is 173 cm³/mol. The standard InChI is InChI=1S/C35H38F3N5O6/c1-21(29(45)32(48)42-27(18-22-11-6-4-7-12-22)31(47)43-34(2,3)33(39)49)40-30(46)26(41-28(44)20-23-13-8-5-9-14-23)19-24-15-10-16-25(17-24)35(36,37)38/h4-17,21,26-27H,18-20H2,1-3H3,(H2,39,49)(H,40,46)(H,41,44)(H,42,48)(H,43,47). The number of rotatable bonds is 15. The van der Waals surface area contributed by atoms with Crippen LogP contribution in [0.5, 0.6) is 0 Å². The van der Waals surface area contributed by atoms with Gasteiger partial charge in [-0.2, -0.15) is 13.2 Å². The summed E-state index contributed by atoms with van der Waals surface area (Å²) in [6.07, 6.45) is -5.21. The number of benzene rings is 3. The van der Waals surface area contributed by atoms with Crippen molar-refractivity contribution in [2.75, 3.05) is 0 Å². The number of primary amides is 1. The molecule has 0 aliphatic heterocycles. The number of Topliss-reactive ketones (excluding diaryl/α,β-unsaturated/α-hetero) is 1. The van der Waals surface area contributed by atoms with Gasteiger partial charge in [0.15, 0.2) is 0 Å². The van der Waals surface area contributed by atoms with Gasteiger partial charge in [-0.3, -0.25) is 28.8 Å². The van der Waals surface area contributed by atoms with Gasteiger partial charge in [0, 0.05) is 12.8 Å². The van der Waals surface area contributed by atoms with Gasteiger partial charge < -0.3 is 27.0 Å². The minimum Gasteiger partial charge on any atom is -0.368 e. The zero-order valence-electron chi connectivity index (χ0n) is 27.1. The summed E-state index contributed by atoms with van der Waals surface area (Å²) in [5.41, 5.74) is 4.25. The number of nitrogens with two attached hydrogens (primary N) is 1. The molecule has 3 unspecified atom stereocenters. The molecule has 11 nitrogen and oxygen atoms in total. The largest absolute Gasteiger partial charge is 0.416 e. The zero-order chi connectivity index (χ0) is 36.4. The first kappa shape index (κ1) is 37.9. The van der Waals surface area contributed by atoms with E-state index in [0.29, 0.717) is 11.1 Å². The van der Waals surface area contributed by atoms with E-state index in [-0.39, 0.29) is 24.8 Å². The van der Waals surface area contributed by atoms with Crippen LogP contribution in [-0.4, -0.2) is 59.0 Å². The number of hydrogen-bond donors (Lipinski definition) is 5. The molecule has 0 aliphatic carbocycles. The molecule has 0 aliphatic rings. The topological polar surface area (TPSA) is 177 Å². The Labute approximate surface area is 281 Å². The summed E-state index contributed by atoms with van der Waals surface area (Å²) in [6.45, 7) is 3.94. The molecule has 0 radical (unpaired) electrons. The number of carbonyl (C=O) groups excluding carboxylic acids is 6. The molecule has 0 saturated heterocycles. The molecule has 0 aromatic heterocycles. The van der Waals surface area contributed by atoms with Crippen LogP contribution in [-0.2, 0) is 54.2 Å². The molecular formula is C35H38F3N5O6. The summed E-state index contributed by atoms with van der Waals surface area (Å²) in [5.74, 6) is -5.57. The lowest BCUT2D eigenvalue weighted by Crippen LogP contribution is -2.60. The summed E-state index contributed by atoms with van der Waals surface area (Å²) in [7, 11) is 0. The average molecular weight is 682 g/mol. The predicted octanol–water partition coefficient (Wildman–Crippen LogP) is 2.16. The summed E-state index contributed by atoms with van der Waals surface area (Å²) in [6, 6.07) is 17.1. The Morgan fingerprint density at radius 2 is 1.22 bits per heavy atom. The molecule has 260 valence electrons. The first-order valence-corrected chi connectivity index (χ1v) is 15.3. The fraction of sp³-hybridized carbons (Fsp3) is 0.314. The Kier molecular flexibility index (Phi) is 12.8. The summed E-state index contributed by atoms with van der Waals surface area (Å²) in [5, 5.41) is 9.67. The van der Waals surface area contributed by atoms with E-state index in [1.54, 1.807) is 60.7 Å². The molecule has 14 heteroatoms. The lowest BCUT2D eigenvalue weighted by Gasteiger charge is -2.26. The highest BCUT2D eigenvalue weighted by atomic mass is 19.4. The van der Waals surface area contributed by atoms with Crippen molar-refractivity contribution in [2.45, 2.75) is 69.9 Å². The monoisotopic (exact) mass is 681 g/mol. The van der Waals surface area contributed by atoms with Crippen molar-refractivity contribution in [1.29, 1.82) is 0 Å². The van der Waals surface area contributed by atoms with Gasteiger partial charge >= 0.3 is 6.18 Å². The fourth-order valence-corrected chi connectivity index (χ4v) is 4.67. The van der Waals surface area contributed by atoms with E-state index in [9.17, 15) is 41.9 Å². The lowest BCUT2D eigenvalue weighted by atomic mass is 10.0. The van der Waals surface area contributed by atoms with Crippen molar-refractivity contribution in [3.8, 4) is 0 Å². The zero-order valence-corrected chi connectivity index (χ0v) is 27.1. The van der Waals surface area contributed by atoms with E-state index in [2.05, 4.69) is 21.3 Å². The van der Waals surface area contributed by atoms with Crippen molar-refractivity contribution >= 4 is 35.3 Å². The number of hydrogen-bond acceptors (Lipinski definition) is 6. The van der Waals surface area contributed by atoms with Crippen LogP contribution in [0, 0.1) is 0 Å². The molecule has 0 fully saturated rings. The molecule has 0 bridgehead atoms. The maximum absolute atomic E-state index is 13.4. The smallest absolute Gasteiger partial charge is 0.368 e. The van der Waals surface area contributed by atoms with Crippen molar-refractivity contribution in [1.82, 2.24) is 21.3 Å². The summed E-state index contributed by atoms with van der Waals surface area (Å²) < 4.78 is 40.1. The highest BCUT2D eigenvalue weighted by molar-refractivity contribution is 6.38. The lowest BCUT2D eigenvalue weighted by molar-refractivity contribution is -0.141. The van der Waals surface area contributed by atoms with E-state index >= 15 is 0 Å². The number of alkyl halides is 3. The maximum atomic E-state index is 13.4. The van der Waals surface area contributed by atoms with Crippen LogP contribution in [0.4, 0.5) is 13.2 Å². The molecule has 6 N–H and O–H groups in total. The van der Waals surface area contributed by atoms with Gasteiger partial charge in [0.25, 0.3) is 5.91 Å². The molecular weight excluding hydrogens is 643 g/mol. The molecule has 3 atom stereocenters. The SMILES string of the molecule is CC(NC(=O)C(Cc1cccc(C(F)(F)F)c1)NC(=O)Cc1ccccc1)C(=O)C(=O)NC(Cc1ccccc1)C(=O)NC(C)(C)C(N)=O. The Morgan fingerprint density at radius 3 is 1.80 bits per heavy atom. The first-order valence-electron chi connectivity index (χ1n) is 15.3. The minimum absolute atomic E-state index is 0.0617. The molecule has 5 amide bonds. The number of halogens is 3. The molecule has 0 saturated carbocycles. The third-order valence-corrected chi connectivity index (χ3v) is 7.49. The average Bonchev–Trinajstić information content (AvgIpc) is 3.04. The third-order valence-electron chi connectivity index (χ3n) is 7.49. The van der Waals surface area contributed by atoms with E-state index in [0.717, 1.165) is 12.1 Å². The van der Waals surface area contributed by atoms with Gasteiger partial charge in [-0.15, -0.1) is 0 Å². The van der Waals surface area contributed by atoms with Crippen LogP contribution < -0.4 is 27.0 Å². The Balaban J connectivity index is 1.77. The van der Waals surface area contributed by atoms with Gasteiger partial charge in [0.1, 0.15) is 17.6 Å². The number of amides is 5. The van der Waals surface area contributed by atoms with Gasteiger partial charge in [0.05, 0.1) is 18.0 Å². The minimum atomic E-state index is -4.65. The first-order chi connectivity index (χ1) is 23.0. The highest BCUT2D eigenvalue weighted by Gasteiger charge is 2.34. The summed E-state index contributed by atoms with van der Waals surface area (Å²) >= 11 is 0. The van der Waals surface area contributed by atoms with Crippen molar-refractivity contribution in [3.63, 3.8) is 0 Å². The molecule has 0 spiro atoms. The van der Waals surface area contributed by atoms with Crippen LogP contribution in [0.2, 0.25) is 0 Å². The van der Waals surface area contributed by atoms with E-state index in [1.165, 1.54) is 32.9 Å². The highest BCUT2D eigenvalue weighted by Crippen LogP contribution is 2.29. The van der Waals surface area contributed by atoms with Gasteiger partial charge in [-0.05, 0) is 43.5 Å². The molecule has 0 heterocycles. The molecule has 3 aromatic rings. The number of nitrogens with one attached hydrogen (secondary N) is 4. The number of carbonyl (C=O) groups is 6. The van der Waals surface area contributed by atoms with Gasteiger partial charge in [-0.25, -0.2) is 0 Å². The number of ketones is 1. The van der Waals surface area contributed by atoms with Crippen molar-refractivity contribution in [2.24, 2.45) is 5.73 Å². The maximum Gasteiger partial charge on any atom is 0.416 e. The van der Waals surface area contributed by atoms with Gasteiger partial charge in [-0.1, -0.05) is 78.9 Å². The second-order valence-electron chi connectivity index (χ2n) is 12.0. The van der Waals surface area contributed by atoms with Crippen molar-refractivity contribution in [3.05, 3.63) is 107 Å². The Hall–Kier alpha value is -5.53. The van der Waals surface area contributed by atoms with Crippen LogP contribution >= 0.6 is 0 Å². The Morgan fingerprint density at radius 1 is 0.694 bits per heavy atom. The molecule has 3 rings (SSSR count). The molecule has 3 aromatic carbocycles. The van der Waals surface area contributed by atoms with Crippen LogP contribution in [0.25, 0.3) is 0 Å². The van der Waals surface area contributed by atoms with Crippen molar-refractivity contribution < 1.29 is 41.9 Å². The van der Waals surface area contributed by atoms with E-state index in [1.807, 2.05) is 0 Å². The van der Waals surface area contributed by atoms with Crippen LogP contribution in [0.15, 0.2) is 84.9 Å². The quantitative estimate of drug-likeness (QED) is 0.154. The molecule has 49 heavy (non-hydrogen) atoms. The van der Waals surface area contributed by atoms with Crippen LogP contribution in [0.3, 0.4) is 0 Å². The van der Waals surface area contributed by atoms with E-state index in [4.69, 9.17) is 5.73 Å². The second-order valence-corrected chi connectivity index (χ2v) is 12.0.